The number of rotatable bonds is 2. The van der Waals surface area contributed by atoms with Gasteiger partial charge in [0.25, 0.3) is 0 Å². The molecule has 0 saturated heterocycles. The SMILES string of the molecule is Cc1cc(C#N)cc(Oc2cccc(C(F)(F)F)c2)n1. The standard InChI is InChI=1S/C14H9F3N2O/c1-9-5-10(8-18)6-13(19-9)20-12-4-2-3-11(7-12)14(15,16)17/h2-7H,1H3. The van der Waals surface area contributed by atoms with Crippen LogP contribution in [-0.4, -0.2) is 4.98 Å². The van der Waals surface area contributed by atoms with Gasteiger partial charge in [-0.25, -0.2) is 4.98 Å². The summed E-state index contributed by atoms with van der Waals surface area (Å²) in [5.41, 5.74) is 0.0775. The number of aromatic nitrogens is 1. The molecule has 0 aliphatic rings. The summed E-state index contributed by atoms with van der Waals surface area (Å²) in [6, 6.07) is 9.34. The number of halogens is 3. The number of hydrogen-bond donors (Lipinski definition) is 0. The van der Waals surface area contributed by atoms with Crippen molar-refractivity contribution < 1.29 is 17.9 Å². The highest BCUT2D eigenvalue weighted by atomic mass is 19.4. The van der Waals surface area contributed by atoms with Gasteiger partial charge in [0.05, 0.1) is 17.2 Å². The van der Waals surface area contributed by atoms with Crippen molar-refractivity contribution in [1.29, 1.82) is 5.26 Å². The molecule has 2 aromatic rings. The number of ether oxygens (including phenoxy) is 1. The normalized spacial score (nSPS) is 10.9. The van der Waals surface area contributed by atoms with E-state index in [2.05, 4.69) is 4.98 Å². The number of nitrogens with zero attached hydrogens (tertiary/aromatic N) is 2. The Morgan fingerprint density at radius 1 is 1.20 bits per heavy atom. The number of alkyl halides is 3. The summed E-state index contributed by atoms with van der Waals surface area (Å²) in [5.74, 6) is 0.0997. The lowest BCUT2D eigenvalue weighted by Crippen LogP contribution is -2.04. The molecule has 1 aromatic heterocycles. The fourth-order valence-corrected chi connectivity index (χ4v) is 1.61. The molecule has 0 fully saturated rings. The topological polar surface area (TPSA) is 45.9 Å². The van der Waals surface area contributed by atoms with Crippen LogP contribution >= 0.6 is 0 Å². The lowest BCUT2D eigenvalue weighted by Gasteiger charge is -2.10. The van der Waals surface area contributed by atoms with Gasteiger partial charge in [0.1, 0.15) is 5.75 Å². The molecule has 0 amide bonds. The summed E-state index contributed by atoms with van der Waals surface area (Å²) in [7, 11) is 0. The van der Waals surface area contributed by atoms with Crippen molar-refractivity contribution in [2.75, 3.05) is 0 Å². The largest absolute Gasteiger partial charge is 0.439 e. The van der Waals surface area contributed by atoms with E-state index in [0.717, 1.165) is 12.1 Å². The van der Waals surface area contributed by atoms with E-state index in [4.69, 9.17) is 10.00 Å². The Balaban J connectivity index is 2.31. The summed E-state index contributed by atoms with van der Waals surface area (Å²) in [5, 5.41) is 8.82. The number of pyridine rings is 1. The van der Waals surface area contributed by atoms with Gasteiger partial charge in [-0.15, -0.1) is 0 Å². The average molecular weight is 278 g/mol. The number of benzene rings is 1. The van der Waals surface area contributed by atoms with Crippen LogP contribution in [0.25, 0.3) is 0 Å². The Hall–Kier alpha value is -2.55. The first kappa shape index (κ1) is 13.9. The summed E-state index contributed by atoms with van der Waals surface area (Å²) in [6.45, 7) is 1.67. The average Bonchev–Trinajstić information content (AvgIpc) is 2.37. The third kappa shape index (κ3) is 3.26. The fraction of sp³-hybridized carbons (Fsp3) is 0.143. The molecule has 0 aliphatic carbocycles. The van der Waals surface area contributed by atoms with Gasteiger partial charge in [-0.2, -0.15) is 18.4 Å². The maximum Gasteiger partial charge on any atom is 0.416 e. The van der Waals surface area contributed by atoms with E-state index in [1.165, 1.54) is 18.2 Å². The first-order valence-electron chi connectivity index (χ1n) is 5.62. The number of aryl methyl sites for hydroxylation is 1. The minimum Gasteiger partial charge on any atom is -0.439 e. The molecule has 0 atom stereocenters. The molecule has 1 aromatic carbocycles. The molecule has 3 nitrogen and oxygen atoms in total. The van der Waals surface area contributed by atoms with Crippen molar-refractivity contribution in [3.8, 4) is 17.7 Å². The summed E-state index contributed by atoms with van der Waals surface area (Å²) >= 11 is 0. The van der Waals surface area contributed by atoms with Crippen molar-refractivity contribution in [1.82, 2.24) is 4.98 Å². The van der Waals surface area contributed by atoms with Gasteiger partial charge < -0.3 is 4.74 Å². The second kappa shape index (κ2) is 5.21. The molecule has 0 spiro atoms. The van der Waals surface area contributed by atoms with E-state index in [9.17, 15) is 13.2 Å². The van der Waals surface area contributed by atoms with Crippen molar-refractivity contribution in [3.05, 3.63) is 53.2 Å². The zero-order valence-electron chi connectivity index (χ0n) is 10.4. The first-order chi connectivity index (χ1) is 9.38. The highest BCUT2D eigenvalue weighted by Crippen LogP contribution is 2.32. The van der Waals surface area contributed by atoms with Gasteiger partial charge in [0.15, 0.2) is 0 Å². The van der Waals surface area contributed by atoms with Gasteiger partial charge in [0, 0.05) is 11.8 Å². The van der Waals surface area contributed by atoms with E-state index in [1.54, 1.807) is 13.0 Å². The third-order valence-electron chi connectivity index (χ3n) is 2.44. The van der Waals surface area contributed by atoms with Crippen molar-refractivity contribution in [2.45, 2.75) is 13.1 Å². The maximum absolute atomic E-state index is 12.6. The van der Waals surface area contributed by atoms with Crippen LogP contribution < -0.4 is 4.74 Å². The van der Waals surface area contributed by atoms with E-state index >= 15 is 0 Å². The molecular weight excluding hydrogens is 269 g/mol. The second-order valence-corrected chi connectivity index (χ2v) is 4.07. The number of hydrogen-bond acceptors (Lipinski definition) is 3. The highest BCUT2D eigenvalue weighted by Gasteiger charge is 2.30. The fourth-order valence-electron chi connectivity index (χ4n) is 1.61. The molecule has 0 unspecified atom stereocenters. The van der Waals surface area contributed by atoms with E-state index in [1.807, 2.05) is 6.07 Å². The minimum absolute atomic E-state index is 0.0156. The molecular formula is C14H9F3N2O. The van der Waals surface area contributed by atoms with Crippen molar-refractivity contribution >= 4 is 0 Å². The zero-order chi connectivity index (χ0) is 14.8. The number of nitriles is 1. The second-order valence-electron chi connectivity index (χ2n) is 4.07. The minimum atomic E-state index is -4.43. The van der Waals surface area contributed by atoms with Gasteiger partial charge in [-0.1, -0.05) is 6.07 Å². The first-order valence-corrected chi connectivity index (χ1v) is 5.62. The van der Waals surface area contributed by atoms with Crippen molar-refractivity contribution in [2.24, 2.45) is 0 Å². The Morgan fingerprint density at radius 3 is 2.60 bits per heavy atom. The van der Waals surface area contributed by atoms with Gasteiger partial charge >= 0.3 is 6.18 Å². The molecule has 6 heteroatoms. The smallest absolute Gasteiger partial charge is 0.416 e. The van der Waals surface area contributed by atoms with Crippen LogP contribution in [0.5, 0.6) is 11.6 Å². The molecule has 0 N–H and O–H groups in total. The Morgan fingerprint density at radius 2 is 1.95 bits per heavy atom. The molecule has 1 heterocycles. The highest BCUT2D eigenvalue weighted by molar-refractivity contribution is 5.37. The Kier molecular flexibility index (Phi) is 3.61. The predicted molar refractivity (Wildman–Crippen MR) is 65.2 cm³/mol. The van der Waals surface area contributed by atoms with E-state index in [-0.39, 0.29) is 11.6 Å². The molecule has 0 aliphatic heterocycles. The molecule has 2 rings (SSSR count). The molecule has 0 saturated carbocycles. The monoisotopic (exact) mass is 278 g/mol. The van der Waals surface area contributed by atoms with Crippen LogP contribution in [0.4, 0.5) is 13.2 Å². The molecule has 0 radical (unpaired) electrons. The van der Waals surface area contributed by atoms with Crippen LogP contribution in [0.1, 0.15) is 16.8 Å². The molecule has 102 valence electrons. The molecule has 20 heavy (non-hydrogen) atoms. The summed E-state index contributed by atoms with van der Waals surface area (Å²) < 4.78 is 43.0. The zero-order valence-corrected chi connectivity index (χ0v) is 10.4. The van der Waals surface area contributed by atoms with Crippen LogP contribution in [0.15, 0.2) is 36.4 Å². The Bertz CT molecular complexity index is 675. The van der Waals surface area contributed by atoms with Crippen molar-refractivity contribution in [3.63, 3.8) is 0 Å². The van der Waals surface area contributed by atoms with E-state index < -0.39 is 11.7 Å². The van der Waals surface area contributed by atoms with Gasteiger partial charge in [0.2, 0.25) is 5.88 Å². The maximum atomic E-state index is 12.6. The lowest BCUT2D eigenvalue weighted by atomic mass is 10.2. The Labute approximate surface area is 113 Å². The van der Waals surface area contributed by atoms with Crippen LogP contribution in [0.2, 0.25) is 0 Å². The van der Waals surface area contributed by atoms with E-state index in [0.29, 0.717) is 11.3 Å². The van der Waals surface area contributed by atoms with Gasteiger partial charge in [-0.3, -0.25) is 0 Å². The molecule has 0 bridgehead atoms. The van der Waals surface area contributed by atoms with Crippen LogP contribution in [-0.2, 0) is 6.18 Å². The quantitative estimate of drug-likeness (QED) is 0.831. The van der Waals surface area contributed by atoms with Crippen LogP contribution in [0.3, 0.4) is 0 Å². The summed E-state index contributed by atoms with van der Waals surface area (Å²) in [6.07, 6.45) is -4.43. The predicted octanol–water partition coefficient (Wildman–Crippen LogP) is 4.07. The lowest BCUT2D eigenvalue weighted by molar-refractivity contribution is -0.137. The van der Waals surface area contributed by atoms with Crippen LogP contribution in [0, 0.1) is 18.3 Å². The third-order valence-corrected chi connectivity index (χ3v) is 2.44. The van der Waals surface area contributed by atoms with Gasteiger partial charge in [-0.05, 0) is 31.2 Å². The summed E-state index contributed by atoms with van der Waals surface area (Å²) in [4.78, 5) is 4.01.